The summed E-state index contributed by atoms with van der Waals surface area (Å²) < 4.78 is 1.20. The molecule has 0 aromatic heterocycles. The van der Waals surface area contributed by atoms with Gasteiger partial charge in [-0.2, -0.15) is 0 Å². The average molecular weight is 351 g/mol. The number of fused-ring (bicyclic) bond motifs is 1. The molecule has 1 saturated heterocycles. The molecule has 0 saturated carbocycles. The molecule has 116 valence electrons. The number of halogens is 1. The molecular weight excluding hydrogens is 324 g/mol. The molecule has 0 amide bonds. The molecule has 1 unspecified atom stereocenters. The molecule has 1 heterocycles. The van der Waals surface area contributed by atoms with Crippen LogP contribution in [0, 0.1) is 0 Å². The van der Waals surface area contributed by atoms with E-state index in [2.05, 4.69) is 72.5 Å². The third kappa shape index (κ3) is 3.52. The number of aryl methyl sites for hydroxylation is 1. The minimum atomic E-state index is 0.209. The molecule has 1 aliphatic carbocycles. The molecule has 2 nitrogen and oxygen atoms in total. The summed E-state index contributed by atoms with van der Waals surface area (Å²) in [5, 5.41) is 7.72. The Labute approximate surface area is 137 Å². The van der Waals surface area contributed by atoms with Gasteiger partial charge >= 0.3 is 0 Å². The minimum absolute atomic E-state index is 0.209. The van der Waals surface area contributed by atoms with Crippen LogP contribution in [0.2, 0.25) is 0 Å². The summed E-state index contributed by atoms with van der Waals surface area (Å²) in [6.07, 6.45) is 4.82. The molecule has 1 aliphatic heterocycles. The second-order valence-corrected chi connectivity index (χ2v) is 9.01. The third-order valence-electron chi connectivity index (χ3n) is 4.81. The van der Waals surface area contributed by atoms with Crippen LogP contribution in [0.3, 0.4) is 0 Å². The highest BCUT2D eigenvalue weighted by Crippen LogP contribution is 2.36. The first-order valence-electron chi connectivity index (χ1n) is 8.08. The maximum atomic E-state index is 3.95. The zero-order valence-corrected chi connectivity index (χ0v) is 15.2. The van der Waals surface area contributed by atoms with E-state index in [0.29, 0.717) is 12.1 Å². The summed E-state index contributed by atoms with van der Waals surface area (Å²) in [5.74, 6) is 0. The van der Waals surface area contributed by atoms with Crippen molar-refractivity contribution in [1.82, 2.24) is 10.6 Å². The Kier molecular flexibility index (Phi) is 3.96. The van der Waals surface area contributed by atoms with Gasteiger partial charge < -0.3 is 10.6 Å². The van der Waals surface area contributed by atoms with Gasteiger partial charge in [0.15, 0.2) is 0 Å². The Morgan fingerprint density at radius 3 is 2.48 bits per heavy atom. The maximum Gasteiger partial charge on any atom is 0.0328 e. The topological polar surface area (TPSA) is 24.1 Å². The van der Waals surface area contributed by atoms with E-state index >= 15 is 0 Å². The van der Waals surface area contributed by atoms with E-state index in [4.69, 9.17) is 0 Å². The van der Waals surface area contributed by atoms with E-state index in [1.54, 1.807) is 0 Å². The van der Waals surface area contributed by atoms with Gasteiger partial charge in [0.25, 0.3) is 0 Å². The van der Waals surface area contributed by atoms with Crippen molar-refractivity contribution in [3.05, 3.63) is 33.8 Å². The van der Waals surface area contributed by atoms with Crippen molar-refractivity contribution in [3.63, 3.8) is 0 Å². The molecule has 1 aromatic carbocycles. The van der Waals surface area contributed by atoms with Gasteiger partial charge in [0, 0.05) is 27.6 Å². The van der Waals surface area contributed by atoms with Crippen LogP contribution in [0.15, 0.2) is 22.7 Å². The summed E-state index contributed by atoms with van der Waals surface area (Å²) in [7, 11) is 0. The lowest BCUT2D eigenvalue weighted by atomic mass is 9.79. The van der Waals surface area contributed by atoms with Gasteiger partial charge in [0.1, 0.15) is 0 Å². The van der Waals surface area contributed by atoms with Gasteiger partial charge in [0.05, 0.1) is 0 Å². The quantitative estimate of drug-likeness (QED) is 0.829. The number of piperidine rings is 1. The number of benzene rings is 1. The standard InChI is InChI=1S/C18H27BrN2/c1-17(2)10-14(11-18(3,4)21-17)20-16-8-5-12-9-13(19)6-7-15(12)16/h6-7,9,14,16,20-21H,5,8,10-11H2,1-4H3. The third-order valence-corrected chi connectivity index (χ3v) is 5.30. The molecule has 0 bridgehead atoms. The van der Waals surface area contributed by atoms with Gasteiger partial charge in [-0.05, 0) is 76.6 Å². The van der Waals surface area contributed by atoms with E-state index in [1.807, 2.05) is 0 Å². The van der Waals surface area contributed by atoms with Gasteiger partial charge in [0.2, 0.25) is 0 Å². The smallest absolute Gasteiger partial charge is 0.0328 e. The SMILES string of the molecule is CC1(C)CC(NC2CCc3cc(Br)ccc32)CC(C)(C)N1. The van der Waals surface area contributed by atoms with Gasteiger partial charge in [-0.15, -0.1) is 0 Å². The average Bonchev–Trinajstić information content (AvgIpc) is 2.67. The highest BCUT2D eigenvalue weighted by Gasteiger charge is 2.38. The summed E-state index contributed by atoms with van der Waals surface area (Å²) in [6.45, 7) is 9.29. The Balaban J connectivity index is 1.74. The molecule has 3 heteroatoms. The zero-order chi connectivity index (χ0) is 15.3. The lowest BCUT2D eigenvalue weighted by Crippen LogP contribution is -2.61. The zero-order valence-electron chi connectivity index (χ0n) is 13.6. The molecular formula is C18H27BrN2. The molecule has 1 atom stereocenters. The molecule has 1 fully saturated rings. The van der Waals surface area contributed by atoms with Crippen LogP contribution in [-0.4, -0.2) is 17.1 Å². The Bertz CT molecular complexity index is 520. The van der Waals surface area contributed by atoms with E-state index in [0.717, 1.165) is 0 Å². The molecule has 1 aromatic rings. The van der Waals surface area contributed by atoms with E-state index in [-0.39, 0.29) is 11.1 Å². The summed E-state index contributed by atoms with van der Waals surface area (Å²) in [5.41, 5.74) is 3.43. The van der Waals surface area contributed by atoms with Crippen molar-refractivity contribution >= 4 is 15.9 Å². The van der Waals surface area contributed by atoms with Crippen molar-refractivity contribution in [2.24, 2.45) is 0 Å². The largest absolute Gasteiger partial charge is 0.307 e. The Morgan fingerprint density at radius 1 is 1.14 bits per heavy atom. The van der Waals surface area contributed by atoms with Crippen molar-refractivity contribution in [1.29, 1.82) is 0 Å². The molecule has 3 rings (SSSR count). The normalized spacial score (nSPS) is 27.6. The summed E-state index contributed by atoms with van der Waals surface area (Å²) >= 11 is 3.58. The predicted octanol–water partition coefficient (Wildman–Crippen LogP) is 4.34. The molecule has 21 heavy (non-hydrogen) atoms. The van der Waals surface area contributed by atoms with Crippen LogP contribution in [0.25, 0.3) is 0 Å². The van der Waals surface area contributed by atoms with Crippen molar-refractivity contribution in [2.75, 3.05) is 0 Å². The van der Waals surface area contributed by atoms with Crippen molar-refractivity contribution in [3.8, 4) is 0 Å². The second-order valence-electron chi connectivity index (χ2n) is 8.10. The molecule has 2 N–H and O–H groups in total. The highest BCUT2D eigenvalue weighted by atomic mass is 79.9. The first-order valence-corrected chi connectivity index (χ1v) is 8.87. The van der Waals surface area contributed by atoms with E-state index < -0.39 is 0 Å². The molecule has 2 aliphatic rings. The van der Waals surface area contributed by atoms with Gasteiger partial charge in [-0.1, -0.05) is 22.0 Å². The van der Waals surface area contributed by atoms with Crippen LogP contribution >= 0.6 is 15.9 Å². The Hall–Kier alpha value is -0.380. The molecule has 0 spiro atoms. The number of rotatable bonds is 2. The van der Waals surface area contributed by atoms with Gasteiger partial charge in [-0.25, -0.2) is 0 Å². The van der Waals surface area contributed by atoms with E-state index in [9.17, 15) is 0 Å². The summed E-state index contributed by atoms with van der Waals surface area (Å²) in [4.78, 5) is 0. The fraction of sp³-hybridized carbons (Fsp3) is 0.667. The van der Waals surface area contributed by atoms with Gasteiger partial charge in [-0.3, -0.25) is 0 Å². The van der Waals surface area contributed by atoms with Crippen LogP contribution in [-0.2, 0) is 6.42 Å². The fourth-order valence-corrected chi connectivity index (χ4v) is 4.89. The van der Waals surface area contributed by atoms with Crippen LogP contribution in [0.1, 0.15) is 64.1 Å². The maximum absolute atomic E-state index is 3.95. The van der Waals surface area contributed by atoms with Crippen molar-refractivity contribution < 1.29 is 0 Å². The first kappa shape index (κ1) is 15.5. The number of nitrogens with one attached hydrogen (secondary N) is 2. The first-order chi connectivity index (χ1) is 9.74. The monoisotopic (exact) mass is 350 g/mol. The Morgan fingerprint density at radius 2 is 1.81 bits per heavy atom. The number of hydrogen-bond donors (Lipinski definition) is 2. The number of hydrogen-bond acceptors (Lipinski definition) is 2. The highest BCUT2D eigenvalue weighted by molar-refractivity contribution is 9.10. The van der Waals surface area contributed by atoms with Crippen LogP contribution < -0.4 is 10.6 Å². The van der Waals surface area contributed by atoms with Crippen molar-refractivity contribution in [2.45, 2.75) is 76.5 Å². The predicted molar refractivity (Wildman–Crippen MR) is 92.7 cm³/mol. The van der Waals surface area contributed by atoms with Crippen LogP contribution in [0.5, 0.6) is 0 Å². The fourth-order valence-electron chi connectivity index (χ4n) is 4.48. The van der Waals surface area contributed by atoms with Crippen LogP contribution in [0.4, 0.5) is 0 Å². The lowest BCUT2D eigenvalue weighted by Gasteiger charge is -2.47. The summed E-state index contributed by atoms with van der Waals surface area (Å²) in [6, 6.07) is 7.88. The minimum Gasteiger partial charge on any atom is -0.307 e. The lowest BCUT2D eigenvalue weighted by molar-refractivity contribution is 0.139. The second kappa shape index (κ2) is 5.36. The van der Waals surface area contributed by atoms with E-state index in [1.165, 1.54) is 41.3 Å². The molecule has 0 radical (unpaired) electrons.